The predicted octanol–water partition coefficient (Wildman–Crippen LogP) is 1.24. The summed E-state index contributed by atoms with van der Waals surface area (Å²) in [5.41, 5.74) is 0.130. The fourth-order valence-corrected chi connectivity index (χ4v) is 0.0478. The van der Waals surface area contributed by atoms with E-state index in [9.17, 15) is 4.79 Å². The molecule has 0 aliphatic heterocycles. The van der Waals surface area contributed by atoms with Gasteiger partial charge >= 0.3 is 5.97 Å². The van der Waals surface area contributed by atoms with Gasteiger partial charge in [0.2, 0.25) is 0 Å². The van der Waals surface area contributed by atoms with Crippen LogP contribution in [0.2, 0.25) is 0 Å². The summed E-state index contributed by atoms with van der Waals surface area (Å²) in [5, 5.41) is 23.4. The molecule has 0 amide bonds. The second-order valence-electron chi connectivity index (χ2n) is 1.79. The van der Waals surface area contributed by atoms with Crippen LogP contribution in [0, 0.1) is 22.7 Å². The molecule has 0 bridgehead atoms. The monoisotopic (exact) mass is 164 g/mol. The van der Waals surface area contributed by atoms with Crippen LogP contribution in [0.4, 0.5) is 0 Å². The number of nitrogens with zero attached hydrogens (tertiary/aromatic N) is 2. The molecule has 0 aromatic heterocycles. The summed E-state index contributed by atoms with van der Waals surface area (Å²) in [5.74, 6) is -1.26. The summed E-state index contributed by atoms with van der Waals surface area (Å²) < 4.78 is 0. The Hall–Kier alpha value is -2.07. The lowest BCUT2D eigenvalue weighted by atomic mass is 10.4. The second-order valence-corrected chi connectivity index (χ2v) is 1.79. The average Bonchev–Trinajstić information content (AvgIpc) is 2.04. The van der Waals surface area contributed by atoms with Gasteiger partial charge in [0.25, 0.3) is 0 Å². The third-order valence-electron chi connectivity index (χ3n) is 0.584. The number of aliphatic carboxylic acids is 1. The predicted molar refractivity (Wildman–Crippen MR) is 42.8 cm³/mol. The van der Waals surface area contributed by atoms with Gasteiger partial charge in [-0.2, -0.15) is 10.5 Å². The van der Waals surface area contributed by atoms with Gasteiger partial charge in [-0.15, -0.1) is 0 Å². The van der Waals surface area contributed by atoms with Crippen molar-refractivity contribution in [2.24, 2.45) is 0 Å². The minimum absolute atomic E-state index is 0.431. The van der Waals surface area contributed by atoms with Crippen LogP contribution in [0.25, 0.3) is 0 Å². The van der Waals surface area contributed by atoms with Crippen molar-refractivity contribution >= 4 is 5.97 Å². The highest BCUT2D eigenvalue weighted by Gasteiger charge is 1.97. The number of carboxylic acid groups (broad SMARTS) is 1. The van der Waals surface area contributed by atoms with Crippen LogP contribution >= 0.6 is 0 Å². The molecule has 12 heavy (non-hydrogen) atoms. The van der Waals surface area contributed by atoms with Gasteiger partial charge in [-0.05, 0) is 6.92 Å². The molecule has 4 nitrogen and oxygen atoms in total. The summed E-state index contributed by atoms with van der Waals surface area (Å²) in [6, 6.07) is 3.20. The van der Waals surface area contributed by atoms with E-state index in [0.29, 0.717) is 5.57 Å². The third kappa shape index (κ3) is 10.8. The van der Waals surface area contributed by atoms with Crippen LogP contribution in [-0.4, -0.2) is 11.1 Å². The summed E-state index contributed by atoms with van der Waals surface area (Å²) in [4.78, 5) is 9.61. The van der Waals surface area contributed by atoms with E-state index in [4.69, 9.17) is 15.6 Å². The van der Waals surface area contributed by atoms with E-state index >= 15 is 0 Å². The van der Waals surface area contributed by atoms with Crippen LogP contribution in [0.1, 0.15) is 6.92 Å². The lowest BCUT2D eigenvalue weighted by Gasteiger charge is -1.76. The van der Waals surface area contributed by atoms with Gasteiger partial charge in [0.15, 0.2) is 0 Å². The Morgan fingerprint density at radius 2 is 1.67 bits per heavy atom. The van der Waals surface area contributed by atoms with E-state index in [1.165, 1.54) is 6.07 Å². The molecule has 0 atom stereocenters. The zero-order valence-electron chi connectivity index (χ0n) is 6.66. The van der Waals surface area contributed by atoms with Crippen molar-refractivity contribution in [2.75, 3.05) is 0 Å². The molecule has 0 saturated heterocycles. The quantitative estimate of drug-likeness (QED) is 0.466. The van der Waals surface area contributed by atoms with Crippen molar-refractivity contribution in [3.8, 4) is 12.1 Å². The molecule has 0 radical (unpaired) electrons. The summed E-state index contributed by atoms with van der Waals surface area (Å²) >= 11 is 0. The molecule has 0 saturated carbocycles. The smallest absolute Gasteiger partial charge is 0.345 e. The van der Waals surface area contributed by atoms with Gasteiger partial charge in [0.1, 0.15) is 11.6 Å². The van der Waals surface area contributed by atoms with E-state index in [2.05, 4.69) is 13.2 Å². The standard InChI is InChI=1S/C4H3NO2.C4H5N/c1-3(2-5)4(6)7;1-4(2)3-5/h1H2,(H,6,7);1H2,2H3. The normalized spacial score (nSPS) is 6.25. The van der Waals surface area contributed by atoms with Crippen molar-refractivity contribution in [1.82, 2.24) is 0 Å². The van der Waals surface area contributed by atoms with E-state index in [1.54, 1.807) is 6.92 Å². The van der Waals surface area contributed by atoms with Gasteiger partial charge in [-0.3, -0.25) is 0 Å². The Bertz CT molecular complexity index is 278. The lowest BCUT2D eigenvalue weighted by molar-refractivity contribution is -0.132. The molecular weight excluding hydrogens is 156 g/mol. The molecule has 4 heteroatoms. The minimum atomic E-state index is -1.26. The van der Waals surface area contributed by atoms with E-state index < -0.39 is 11.5 Å². The zero-order chi connectivity index (χ0) is 10.1. The van der Waals surface area contributed by atoms with Crippen LogP contribution < -0.4 is 0 Å². The molecule has 0 spiro atoms. The van der Waals surface area contributed by atoms with E-state index in [1.807, 2.05) is 6.07 Å². The average molecular weight is 164 g/mol. The van der Waals surface area contributed by atoms with E-state index in [-0.39, 0.29) is 0 Å². The fraction of sp³-hybridized carbons (Fsp3) is 0.125. The van der Waals surface area contributed by atoms with Crippen molar-refractivity contribution < 1.29 is 9.90 Å². The van der Waals surface area contributed by atoms with Crippen molar-refractivity contribution in [2.45, 2.75) is 6.92 Å². The maximum absolute atomic E-state index is 9.61. The Morgan fingerprint density at radius 1 is 1.33 bits per heavy atom. The zero-order valence-corrected chi connectivity index (χ0v) is 6.66. The van der Waals surface area contributed by atoms with Gasteiger partial charge < -0.3 is 5.11 Å². The number of carboxylic acids is 1. The number of allylic oxidation sites excluding steroid dienone is 1. The number of carbonyl (C=O) groups is 1. The minimum Gasteiger partial charge on any atom is -0.477 e. The Labute approximate surface area is 70.7 Å². The Morgan fingerprint density at radius 3 is 1.67 bits per heavy atom. The van der Waals surface area contributed by atoms with Crippen molar-refractivity contribution in [3.63, 3.8) is 0 Å². The lowest BCUT2D eigenvalue weighted by Crippen LogP contribution is -1.94. The van der Waals surface area contributed by atoms with E-state index in [0.717, 1.165) is 0 Å². The Kier molecular flexibility index (Phi) is 7.39. The molecule has 0 aromatic rings. The Balaban J connectivity index is 0. The SMILES string of the molecule is C=C(C#N)C(=O)O.C=C(C)C#N. The van der Waals surface area contributed by atoms with Gasteiger partial charge in [-0.1, -0.05) is 13.2 Å². The topological polar surface area (TPSA) is 84.9 Å². The molecule has 0 aliphatic rings. The molecule has 0 aromatic carbocycles. The molecule has 0 fully saturated rings. The maximum Gasteiger partial charge on any atom is 0.345 e. The first-order chi connectivity index (χ1) is 5.45. The highest BCUT2D eigenvalue weighted by atomic mass is 16.4. The summed E-state index contributed by atoms with van der Waals surface area (Å²) in [6.45, 7) is 7.89. The number of hydrogen-bond donors (Lipinski definition) is 1. The molecule has 0 aliphatic carbocycles. The molecular formula is C8H8N2O2. The summed E-state index contributed by atoms with van der Waals surface area (Å²) in [7, 11) is 0. The number of hydrogen-bond acceptors (Lipinski definition) is 3. The largest absolute Gasteiger partial charge is 0.477 e. The van der Waals surface area contributed by atoms with Crippen molar-refractivity contribution in [3.05, 3.63) is 24.3 Å². The third-order valence-corrected chi connectivity index (χ3v) is 0.584. The fourth-order valence-electron chi connectivity index (χ4n) is 0.0478. The van der Waals surface area contributed by atoms with Crippen LogP contribution in [0.5, 0.6) is 0 Å². The first-order valence-corrected chi connectivity index (χ1v) is 2.83. The van der Waals surface area contributed by atoms with Crippen LogP contribution in [-0.2, 0) is 4.79 Å². The molecule has 1 N–H and O–H groups in total. The molecule has 62 valence electrons. The highest BCUT2D eigenvalue weighted by Crippen LogP contribution is 1.81. The maximum atomic E-state index is 9.61. The molecule has 0 heterocycles. The van der Waals surface area contributed by atoms with Crippen LogP contribution in [0.15, 0.2) is 24.3 Å². The second kappa shape index (κ2) is 7.04. The summed E-state index contributed by atoms with van der Waals surface area (Å²) in [6.07, 6.45) is 0. The van der Waals surface area contributed by atoms with Gasteiger partial charge in [-0.25, -0.2) is 4.79 Å². The number of rotatable bonds is 1. The van der Waals surface area contributed by atoms with Gasteiger partial charge in [0, 0.05) is 5.57 Å². The highest BCUT2D eigenvalue weighted by molar-refractivity contribution is 5.90. The van der Waals surface area contributed by atoms with Crippen LogP contribution in [0.3, 0.4) is 0 Å². The molecule has 0 rings (SSSR count). The van der Waals surface area contributed by atoms with Crippen molar-refractivity contribution in [1.29, 1.82) is 10.5 Å². The molecule has 0 unspecified atom stereocenters. The first-order valence-electron chi connectivity index (χ1n) is 2.83. The van der Waals surface area contributed by atoms with Gasteiger partial charge in [0.05, 0.1) is 6.07 Å². The number of nitriles is 2. The first kappa shape index (κ1) is 12.6.